The molecule has 0 aliphatic heterocycles. The molecule has 0 radical (unpaired) electrons. The normalized spacial score (nSPS) is 12.5. The Hall–Kier alpha value is -2.28. The van der Waals surface area contributed by atoms with Crippen LogP contribution in [-0.2, 0) is 11.8 Å². The van der Waals surface area contributed by atoms with Crippen LogP contribution in [0.1, 0.15) is 23.8 Å². The van der Waals surface area contributed by atoms with Crippen LogP contribution in [0.25, 0.3) is 11.1 Å². The van der Waals surface area contributed by atoms with E-state index in [1.807, 2.05) is 44.2 Å². The van der Waals surface area contributed by atoms with E-state index in [2.05, 4.69) is 15.4 Å². The van der Waals surface area contributed by atoms with Crippen molar-refractivity contribution in [2.75, 3.05) is 11.1 Å². The summed E-state index contributed by atoms with van der Waals surface area (Å²) in [6.45, 7) is 3.87. The third kappa shape index (κ3) is 3.56. The van der Waals surface area contributed by atoms with Gasteiger partial charge in [-0.15, -0.1) is 11.8 Å². The quantitative estimate of drug-likeness (QED) is 0.777. The number of aromatic nitrogens is 3. The number of nitrogens with zero attached hydrogens (tertiary/aromatic N) is 3. The lowest BCUT2D eigenvalue weighted by Gasteiger charge is -2.08. The van der Waals surface area contributed by atoms with E-state index in [-0.39, 0.29) is 11.2 Å². The van der Waals surface area contributed by atoms with Crippen LogP contribution in [0.5, 0.6) is 0 Å². The Morgan fingerprint density at radius 3 is 2.91 bits per heavy atom. The van der Waals surface area contributed by atoms with E-state index in [0.717, 1.165) is 16.8 Å². The van der Waals surface area contributed by atoms with Gasteiger partial charge in [0.15, 0.2) is 5.58 Å². The first-order valence-corrected chi connectivity index (χ1v) is 8.35. The average Bonchev–Trinajstić information content (AvgIpc) is 3.08. The zero-order chi connectivity index (χ0) is 16.4. The number of fused-ring (bicyclic) bond motifs is 1. The summed E-state index contributed by atoms with van der Waals surface area (Å²) in [5.41, 5.74) is 2.48. The van der Waals surface area contributed by atoms with Crippen molar-refractivity contribution >= 4 is 34.6 Å². The summed E-state index contributed by atoms with van der Waals surface area (Å²) in [6.07, 6.45) is 0. The molecule has 3 aromatic rings. The molecule has 1 atom stereocenters. The van der Waals surface area contributed by atoms with Gasteiger partial charge in [-0.05, 0) is 26.0 Å². The predicted octanol–water partition coefficient (Wildman–Crippen LogP) is 3.30. The summed E-state index contributed by atoms with van der Waals surface area (Å²) in [5.74, 6) is 1.59. The van der Waals surface area contributed by atoms with Gasteiger partial charge in [0, 0.05) is 13.1 Å². The molecule has 6 nitrogen and oxygen atoms in total. The molecule has 120 valence electrons. The molecule has 3 rings (SSSR count). The Kier molecular flexibility index (Phi) is 4.38. The second-order valence-electron chi connectivity index (χ2n) is 5.32. The number of nitrogens with one attached hydrogen (secondary N) is 1. The number of benzene rings is 1. The number of rotatable bonds is 5. The third-order valence-electron chi connectivity index (χ3n) is 3.39. The number of aryl methyl sites for hydroxylation is 2. The molecule has 0 unspecified atom stereocenters. The fourth-order valence-corrected chi connectivity index (χ4v) is 2.96. The van der Waals surface area contributed by atoms with E-state index in [4.69, 9.17) is 4.42 Å². The van der Waals surface area contributed by atoms with Gasteiger partial charge in [-0.25, -0.2) is 4.98 Å². The number of para-hydroxylation sites is 2. The minimum Gasteiger partial charge on any atom is -0.439 e. The maximum absolute atomic E-state index is 12.1. The van der Waals surface area contributed by atoms with Gasteiger partial charge in [0.25, 0.3) is 0 Å². The SMILES string of the molecule is Cc1cc(NC(=O)CS[C@H](C)c2nc3ccccc3o2)n(C)n1. The number of anilines is 1. The minimum absolute atomic E-state index is 0.00132. The lowest BCUT2D eigenvalue weighted by atomic mass is 10.3. The van der Waals surface area contributed by atoms with Crippen molar-refractivity contribution in [3.8, 4) is 0 Å². The smallest absolute Gasteiger partial charge is 0.235 e. The summed E-state index contributed by atoms with van der Waals surface area (Å²) in [7, 11) is 1.80. The molecule has 1 N–H and O–H groups in total. The number of amides is 1. The molecule has 2 heterocycles. The van der Waals surface area contributed by atoms with Crippen molar-refractivity contribution in [3.05, 3.63) is 41.9 Å². The first-order chi connectivity index (χ1) is 11.0. The molecular formula is C16H18N4O2S. The fourth-order valence-electron chi connectivity index (χ4n) is 2.24. The molecule has 0 fully saturated rings. The maximum Gasteiger partial charge on any atom is 0.235 e. The van der Waals surface area contributed by atoms with Crippen LogP contribution >= 0.6 is 11.8 Å². The van der Waals surface area contributed by atoms with Gasteiger partial charge < -0.3 is 9.73 Å². The third-order valence-corrected chi connectivity index (χ3v) is 4.52. The van der Waals surface area contributed by atoms with Crippen molar-refractivity contribution in [1.82, 2.24) is 14.8 Å². The summed E-state index contributed by atoms with van der Waals surface area (Å²) in [4.78, 5) is 16.5. The number of hydrogen-bond acceptors (Lipinski definition) is 5. The van der Waals surface area contributed by atoms with Crippen molar-refractivity contribution in [3.63, 3.8) is 0 Å². The molecule has 0 aliphatic carbocycles. The number of oxazole rings is 1. The molecule has 1 amide bonds. The van der Waals surface area contributed by atoms with Gasteiger partial charge in [0.2, 0.25) is 11.8 Å². The number of carbonyl (C=O) groups is 1. The lowest BCUT2D eigenvalue weighted by Crippen LogP contribution is -2.17. The van der Waals surface area contributed by atoms with Gasteiger partial charge in [-0.2, -0.15) is 5.10 Å². The zero-order valence-electron chi connectivity index (χ0n) is 13.2. The van der Waals surface area contributed by atoms with Gasteiger partial charge >= 0.3 is 0 Å². The zero-order valence-corrected chi connectivity index (χ0v) is 14.1. The van der Waals surface area contributed by atoms with Crippen LogP contribution in [0, 0.1) is 6.92 Å². The Labute approximate surface area is 138 Å². The highest BCUT2D eigenvalue weighted by molar-refractivity contribution is 8.00. The van der Waals surface area contributed by atoms with Crippen LogP contribution in [0.3, 0.4) is 0 Å². The first kappa shape index (κ1) is 15.6. The molecular weight excluding hydrogens is 312 g/mol. The van der Waals surface area contributed by atoms with E-state index in [1.54, 1.807) is 11.7 Å². The monoisotopic (exact) mass is 330 g/mol. The first-order valence-electron chi connectivity index (χ1n) is 7.30. The Morgan fingerprint density at radius 2 is 2.22 bits per heavy atom. The van der Waals surface area contributed by atoms with Gasteiger partial charge in [-0.3, -0.25) is 9.48 Å². The number of hydrogen-bond donors (Lipinski definition) is 1. The van der Waals surface area contributed by atoms with Gasteiger partial charge in [0.05, 0.1) is 16.7 Å². The largest absolute Gasteiger partial charge is 0.439 e. The second kappa shape index (κ2) is 6.45. The molecule has 2 aromatic heterocycles. The molecule has 23 heavy (non-hydrogen) atoms. The predicted molar refractivity (Wildman–Crippen MR) is 91.5 cm³/mol. The van der Waals surface area contributed by atoms with Crippen LogP contribution in [0.2, 0.25) is 0 Å². The highest BCUT2D eigenvalue weighted by Crippen LogP contribution is 2.30. The van der Waals surface area contributed by atoms with Gasteiger partial charge in [-0.1, -0.05) is 12.1 Å². The average molecular weight is 330 g/mol. The highest BCUT2D eigenvalue weighted by atomic mass is 32.2. The summed E-state index contributed by atoms with van der Waals surface area (Å²) >= 11 is 1.49. The van der Waals surface area contributed by atoms with Crippen molar-refractivity contribution in [2.24, 2.45) is 7.05 Å². The Balaban J connectivity index is 1.58. The number of thioether (sulfide) groups is 1. The standard InChI is InChI=1S/C16H18N4O2S/c1-10-8-14(20(3)19-10)18-15(21)9-23-11(2)16-17-12-6-4-5-7-13(12)22-16/h4-8,11H,9H2,1-3H3,(H,18,21)/t11-/m1/s1. The maximum atomic E-state index is 12.1. The molecule has 0 saturated heterocycles. The summed E-state index contributed by atoms with van der Waals surface area (Å²) in [5, 5.41) is 7.06. The Morgan fingerprint density at radius 1 is 1.43 bits per heavy atom. The van der Waals surface area contributed by atoms with E-state index in [9.17, 15) is 4.79 Å². The van der Waals surface area contributed by atoms with Crippen molar-refractivity contribution in [1.29, 1.82) is 0 Å². The van der Waals surface area contributed by atoms with Crippen LogP contribution in [0.4, 0.5) is 5.82 Å². The van der Waals surface area contributed by atoms with Crippen LogP contribution < -0.4 is 5.32 Å². The van der Waals surface area contributed by atoms with E-state index >= 15 is 0 Å². The minimum atomic E-state index is -0.0686. The highest BCUT2D eigenvalue weighted by Gasteiger charge is 2.16. The fraction of sp³-hybridized carbons (Fsp3) is 0.312. The lowest BCUT2D eigenvalue weighted by molar-refractivity contribution is -0.113. The molecule has 7 heteroatoms. The van der Waals surface area contributed by atoms with Crippen LogP contribution in [0.15, 0.2) is 34.7 Å². The molecule has 0 saturated carbocycles. The molecule has 0 bridgehead atoms. The van der Waals surface area contributed by atoms with Crippen molar-refractivity contribution in [2.45, 2.75) is 19.1 Å². The summed E-state index contributed by atoms with van der Waals surface area (Å²) in [6, 6.07) is 9.48. The molecule has 0 aliphatic rings. The van der Waals surface area contributed by atoms with E-state index < -0.39 is 0 Å². The van der Waals surface area contributed by atoms with E-state index in [1.165, 1.54) is 11.8 Å². The molecule has 1 aromatic carbocycles. The number of carbonyl (C=O) groups excluding carboxylic acids is 1. The topological polar surface area (TPSA) is 73.0 Å². The van der Waals surface area contributed by atoms with Gasteiger partial charge in [0.1, 0.15) is 11.3 Å². The molecule has 0 spiro atoms. The van der Waals surface area contributed by atoms with E-state index in [0.29, 0.717) is 17.5 Å². The second-order valence-corrected chi connectivity index (χ2v) is 6.64. The van der Waals surface area contributed by atoms with Crippen LogP contribution in [-0.4, -0.2) is 26.4 Å². The summed E-state index contributed by atoms with van der Waals surface area (Å²) < 4.78 is 7.38. The Bertz CT molecular complexity index is 807. The van der Waals surface area contributed by atoms with Crippen molar-refractivity contribution < 1.29 is 9.21 Å².